The van der Waals surface area contributed by atoms with Gasteiger partial charge in [0.15, 0.2) is 6.10 Å². The number of aliphatic hydroxyl groups is 1. The highest BCUT2D eigenvalue weighted by Crippen LogP contribution is 2.32. The van der Waals surface area contributed by atoms with E-state index in [-0.39, 0.29) is 5.56 Å². The molecule has 0 saturated carbocycles. The van der Waals surface area contributed by atoms with Gasteiger partial charge in [0.2, 0.25) is 0 Å². The minimum absolute atomic E-state index is 0.276. The van der Waals surface area contributed by atoms with E-state index in [4.69, 9.17) is 5.11 Å². The predicted molar refractivity (Wildman–Crippen MR) is 43.0 cm³/mol. The summed E-state index contributed by atoms with van der Waals surface area (Å²) in [5.41, 5.74) is -0.276. The summed E-state index contributed by atoms with van der Waals surface area (Å²) in [6, 6.07) is 1.17. The summed E-state index contributed by atoms with van der Waals surface area (Å²) in [5.74, 6) is 0. The van der Waals surface area contributed by atoms with E-state index < -0.39 is 12.3 Å². The fourth-order valence-electron chi connectivity index (χ4n) is 0.767. The highest BCUT2D eigenvalue weighted by atomic mass is 79.9. The van der Waals surface area contributed by atoms with Gasteiger partial charge in [-0.25, -0.2) is 0 Å². The van der Waals surface area contributed by atoms with Crippen LogP contribution in [0.5, 0.6) is 0 Å². The Morgan fingerprint density at radius 1 is 1.38 bits per heavy atom. The predicted octanol–water partition coefficient (Wildman–Crippen LogP) is 2.44. The maximum Gasteiger partial charge on any atom is 0.418 e. The Hall–Kier alpha value is -0.620. The first-order valence-corrected chi connectivity index (χ1v) is 4.06. The van der Waals surface area contributed by atoms with Gasteiger partial charge in [-0.3, -0.25) is 4.98 Å². The average molecular weight is 256 g/mol. The summed E-state index contributed by atoms with van der Waals surface area (Å²) in [5, 5.41) is 8.80. The van der Waals surface area contributed by atoms with Crippen LogP contribution >= 0.6 is 15.9 Å². The van der Waals surface area contributed by atoms with Crippen LogP contribution in [-0.4, -0.2) is 16.3 Å². The standard InChI is InChI=1S/C7H5BrF3NO/c8-5-1-4(2-12-3-5)6(13)7(9,10)11/h1-3,6,13H/t6-/m0/s1. The van der Waals surface area contributed by atoms with E-state index in [0.717, 1.165) is 6.20 Å². The van der Waals surface area contributed by atoms with Crippen molar-refractivity contribution in [2.24, 2.45) is 0 Å². The molecule has 1 heterocycles. The van der Waals surface area contributed by atoms with Gasteiger partial charge in [-0.1, -0.05) is 0 Å². The number of rotatable bonds is 1. The van der Waals surface area contributed by atoms with Crippen molar-refractivity contribution in [2.75, 3.05) is 0 Å². The molecule has 0 spiro atoms. The molecule has 6 heteroatoms. The summed E-state index contributed by atoms with van der Waals surface area (Å²) in [6.07, 6.45) is -4.81. The van der Waals surface area contributed by atoms with Gasteiger partial charge < -0.3 is 5.11 Å². The van der Waals surface area contributed by atoms with E-state index >= 15 is 0 Å². The van der Waals surface area contributed by atoms with E-state index in [1.165, 1.54) is 12.3 Å². The maximum absolute atomic E-state index is 12.0. The third kappa shape index (κ3) is 2.67. The molecule has 0 aliphatic heterocycles. The van der Waals surface area contributed by atoms with Gasteiger partial charge in [0, 0.05) is 22.4 Å². The highest BCUT2D eigenvalue weighted by molar-refractivity contribution is 9.10. The van der Waals surface area contributed by atoms with Crippen molar-refractivity contribution >= 4 is 15.9 Å². The molecule has 13 heavy (non-hydrogen) atoms. The molecule has 1 aromatic heterocycles. The zero-order valence-corrected chi connectivity index (χ0v) is 7.80. The molecule has 1 aromatic rings. The Morgan fingerprint density at radius 2 is 2.00 bits per heavy atom. The lowest BCUT2D eigenvalue weighted by Gasteiger charge is -2.14. The summed E-state index contributed by atoms with van der Waals surface area (Å²) in [7, 11) is 0. The van der Waals surface area contributed by atoms with Gasteiger partial charge in [-0.2, -0.15) is 13.2 Å². The van der Waals surface area contributed by atoms with Crippen molar-refractivity contribution in [1.82, 2.24) is 4.98 Å². The van der Waals surface area contributed by atoms with Gasteiger partial charge in [0.25, 0.3) is 0 Å². The molecule has 0 aliphatic rings. The topological polar surface area (TPSA) is 33.1 Å². The molecule has 0 saturated heterocycles. The molecule has 0 fully saturated rings. The summed E-state index contributed by atoms with van der Waals surface area (Å²) < 4.78 is 36.3. The number of halogens is 4. The maximum atomic E-state index is 12.0. The number of aliphatic hydroxyl groups excluding tert-OH is 1. The number of hydrogen-bond donors (Lipinski definition) is 1. The molecular weight excluding hydrogens is 251 g/mol. The lowest BCUT2D eigenvalue weighted by atomic mass is 10.1. The van der Waals surface area contributed by atoms with Crippen LogP contribution in [0, 0.1) is 0 Å². The Labute approximate surface area is 80.5 Å². The zero-order valence-electron chi connectivity index (χ0n) is 6.22. The first-order valence-electron chi connectivity index (χ1n) is 3.26. The molecule has 1 rings (SSSR count). The SMILES string of the molecule is O[C@@H](c1cncc(Br)c1)C(F)(F)F. The quantitative estimate of drug-likeness (QED) is 0.837. The van der Waals surface area contributed by atoms with Crippen LogP contribution in [0.3, 0.4) is 0 Å². The summed E-state index contributed by atoms with van der Waals surface area (Å²) >= 11 is 2.96. The van der Waals surface area contributed by atoms with E-state index in [1.54, 1.807) is 0 Å². The number of hydrogen-bond acceptors (Lipinski definition) is 2. The number of nitrogens with zero attached hydrogens (tertiary/aromatic N) is 1. The fraction of sp³-hybridized carbons (Fsp3) is 0.286. The average Bonchev–Trinajstić information content (AvgIpc) is 2.01. The minimum atomic E-state index is -4.65. The highest BCUT2D eigenvalue weighted by Gasteiger charge is 2.39. The molecule has 0 bridgehead atoms. The Bertz CT molecular complexity index is 302. The third-order valence-corrected chi connectivity index (χ3v) is 1.79. The first kappa shape index (κ1) is 10.5. The number of alkyl halides is 3. The lowest BCUT2D eigenvalue weighted by Crippen LogP contribution is -2.20. The molecule has 0 unspecified atom stereocenters. The van der Waals surface area contributed by atoms with Crippen molar-refractivity contribution in [3.05, 3.63) is 28.5 Å². The van der Waals surface area contributed by atoms with Crippen LogP contribution in [0.1, 0.15) is 11.7 Å². The Morgan fingerprint density at radius 3 is 2.46 bits per heavy atom. The van der Waals surface area contributed by atoms with Crippen LogP contribution in [-0.2, 0) is 0 Å². The number of pyridine rings is 1. The van der Waals surface area contributed by atoms with Crippen LogP contribution in [0.2, 0.25) is 0 Å². The van der Waals surface area contributed by atoms with Crippen molar-refractivity contribution in [1.29, 1.82) is 0 Å². The second-order valence-corrected chi connectivity index (χ2v) is 3.30. The first-order chi connectivity index (χ1) is 5.91. The largest absolute Gasteiger partial charge is 0.418 e. The van der Waals surface area contributed by atoms with Gasteiger partial charge in [-0.15, -0.1) is 0 Å². The van der Waals surface area contributed by atoms with Crippen molar-refractivity contribution in [3.63, 3.8) is 0 Å². The van der Waals surface area contributed by atoms with Crippen LogP contribution in [0.4, 0.5) is 13.2 Å². The third-order valence-electron chi connectivity index (χ3n) is 1.35. The Kier molecular flexibility index (Phi) is 2.92. The van der Waals surface area contributed by atoms with E-state index in [2.05, 4.69) is 20.9 Å². The summed E-state index contributed by atoms with van der Waals surface area (Å²) in [4.78, 5) is 3.51. The van der Waals surface area contributed by atoms with E-state index in [9.17, 15) is 13.2 Å². The second-order valence-electron chi connectivity index (χ2n) is 2.38. The molecule has 0 aliphatic carbocycles. The molecule has 1 N–H and O–H groups in total. The fourth-order valence-corrected chi connectivity index (χ4v) is 1.15. The minimum Gasteiger partial charge on any atom is -0.379 e. The van der Waals surface area contributed by atoms with E-state index in [1.807, 2.05) is 0 Å². The summed E-state index contributed by atoms with van der Waals surface area (Å²) in [6.45, 7) is 0. The van der Waals surface area contributed by atoms with E-state index in [0.29, 0.717) is 4.47 Å². The normalized spacial score (nSPS) is 14.2. The molecule has 0 radical (unpaired) electrons. The molecule has 72 valence electrons. The molecule has 0 amide bonds. The van der Waals surface area contributed by atoms with Crippen LogP contribution < -0.4 is 0 Å². The van der Waals surface area contributed by atoms with Crippen molar-refractivity contribution in [2.45, 2.75) is 12.3 Å². The van der Waals surface area contributed by atoms with Gasteiger partial charge >= 0.3 is 6.18 Å². The molecule has 0 aromatic carbocycles. The number of aromatic nitrogens is 1. The lowest BCUT2D eigenvalue weighted by molar-refractivity contribution is -0.206. The molecule has 1 atom stereocenters. The second kappa shape index (κ2) is 3.63. The smallest absolute Gasteiger partial charge is 0.379 e. The van der Waals surface area contributed by atoms with Gasteiger partial charge in [-0.05, 0) is 22.0 Å². The van der Waals surface area contributed by atoms with Gasteiger partial charge in [0.05, 0.1) is 0 Å². The van der Waals surface area contributed by atoms with Crippen LogP contribution in [0.15, 0.2) is 22.9 Å². The molecular formula is C7H5BrF3NO. The zero-order chi connectivity index (χ0) is 10.1. The monoisotopic (exact) mass is 255 g/mol. The Balaban J connectivity index is 2.96. The van der Waals surface area contributed by atoms with Gasteiger partial charge in [0.1, 0.15) is 0 Å². The molecule has 2 nitrogen and oxygen atoms in total. The van der Waals surface area contributed by atoms with Crippen molar-refractivity contribution in [3.8, 4) is 0 Å². The van der Waals surface area contributed by atoms with Crippen LogP contribution in [0.25, 0.3) is 0 Å². The van der Waals surface area contributed by atoms with Crippen molar-refractivity contribution < 1.29 is 18.3 Å².